The van der Waals surface area contributed by atoms with Crippen LogP contribution in [0.5, 0.6) is 0 Å². The standard InChI is InChI=1S/C19H24O6/c1-11-5-4-6-14(10-21)8-16-17(13(3)19(23)25-16)15(7-11)24-18(22)12(2)9-20/h5,8,15-17,20-21H,2-4,6-7,9-10H2,1H3/b11-5?,14-8+/t15-,16+,17+/m0/s1. The molecular weight excluding hydrogens is 324 g/mol. The van der Waals surface area contributed by atoms with Crippen LogP contribution in [0.1, 0.15) is 26.2 Å². The van der Waals surface area contributed by atoms with E-state index in [0.29, 0.717) is 12.8 Å². The summed E-state index contributed by atoms with van der Waals surface area (Å²) in [5.74, 6) is -1.80. The van der Waals surface area contributed by atoms with Gasteiger partial charge in [-0.15, -0.1) is 0 Å². The summed E-state index contributed by atoms with van der Waals surface area (Å²) in [5, 5.41) is 18.6. The van der Waals surface area contributed by atoms with Crippen molar-refractivity contribution in [2.45, 2.75) is 38.4 Å². The predicted molar refractivity (Wildman–Crippen MR) is 91.4 cm³/mol. The minimum atomic E-state index is -0.713. The molecule has 0 amide bonds. The Morgan fingerprint density at radius 2 is 2.16 bits per heavy atom. The van der Waals surface area contributed by atoms with Crippen molar-refractivity contribution in [2.24, 2.45) is 5.92 Å². The Bertz CT molecular complexity index is 642. The number of allylic oxidation sites excluding steroid dienone is 1. The maximum Gasteiger partial charge on any atom is 0.336 e. The van der Waals surface area contributed by atoms with Gasteiger partial charge in [-0.25, -0.2) is 9.59 Å². The van der Waals surface area contributed by atoms with E-state index in [-0.39, 0.29) is 17.8 Å². The number of esters is 2. The molecule has 0 unspecified atom stereocenters. The third kappa shape index (κ3) is 4.46. The van der Waals surface area contributed by atoms with Gasteiger partial charge in [-0.05, 0) is 31.4 Å². The molecule has 2 aliphatic rings. The van der Waals surface area contributed by atoms with Crippen LogP contribution in [0, 0.1) is 5.92 Å². The van der Waals surface area contributed by atoms with Crippen molar-refractivity contribution in [3.05, 3.63) is 47.6 Å². The van der Waals surface area contributed by atoms with Gasteiger partial charge in [0.1, 0.15) is 12.2 Å². The van der Waals surface area contributed by atoms with Crippen LogP contribution in [0.15, 0.2) is 47.6 Å². The van der Waals surface area contributed by atoms with Crippen molar-refractivity contribution in [3.63, 3.8) is 0 Å². The summed E-state index contributed by atoms with van der Waals surface area (Å²) in [6, 6.07) is 0. The Balaban J connectivity index is 2.38. The quantitative estimate of drug-likeness (QED) is 0.455. The molecule has 2 rings (SSSR count). The van der Waals surface area contributed by atoms with E-state index >= 15 is 0 Å². The maximum absolute atomic E-state index is 12.1. The molecule has 0 aromatic rings. The minimum absolute atomic E-state index is 0.0577. The fourth-order valence-electron chi connectivity index (χ4n) is 3.06. The third-order valence-electron chi connectivity index (χ3n) is 4.48. The molecule has 0 bridgehead atoms. The Hall–Kier alpha value is -2.18. The fraction of sp³-hybridized carbons (Fsp3) is 0.474. The average Bonchev–Trinajstić information content (AvgIpc) is 2.86. The number of ether oxygens (including phenoxy) is 2. The van der Waals surface area contributed by atoms with Gasteiger partial charge in [-0.3, -0.25) is 0 Å². The lowest BCUT2D eigenvalue weighted by atomic mass is 9.85. The lowest BCUT2D eigenvalue weighted by Gasteiger charge is -2.27. The number of aliphatic hydroxyl groups excluding tert-OH is 2. The number of hydrogen-bond donors (Lipinski definition) is 2. The molecule has 1 aliphatic heterocycles. The molecule has 1 aliphatic carbocycles. The first-order valence-electron chi connectivity index (χ1n) is 8.22. The van der Waals surface area contributed by atoms with Crippen molar-refractivity contribution in [1.29, 1.82) is 0 Å². The highest BCUT2D eigenvalue weighted by atomic mass is 16.6. The molecular formula is C19H24O6. The zero-order valence-corrected chi connectivity index (χ0v) is 14.4. The zero-order chi connectivity index (χ0) is 18.6. The number of carbonyl (C=O) groups excluding carboxylic acids is 2. The van der Waals surface area contributed by atoms with E-state index in [4.69, 9.17) is 14.6 Å². The first-order chi connectivity index (χ1) is 11.9. The van der Waals surface area contributed by atoms with Gasteiger partial charge in [0.15, 0.2) is 0 Å². The topological polar surface area (TPSA) is 93.1 Å². The van der Waals surface area contributed by atoms with Crippen molar-refractivity contribution >= 4 is 11.9 Å². The number of fused-ring (bicyclic) bond motifs is 1. The summed E-state index contributed by atoms with van der Waals surface area (Å²) in [6.45, 7) is 8.55. The van der Waals surface area contributed by atoms with Crippen LogP contribution in [-0.2, 0) is 19.1 Å². The molecule has 25 heavy (non-hydrogen) atoms. The average molecular weight is 348 g/mol. The Morgan fingerprint density at radius 3 is 2.80 bits per heavy atom. The summed E-state index contributed by atoms with van der Waals surface area (Å²) in [7, 11) is 0. The van der Waals surface area contributed by atoms with Gasteiger partial charge in [0, 0.05) is 12.0 Å². The molecule has 1 saturated heterocycles. The highest BCUT2D eigenvalue weighted by Crippen LogP contribution is 2.36. The Labute approximate surface area is 147 Å². The number of carbonyl (C=O) groups is 2. The molecule has 0 spiro atoms. The zero-order valence-electron chi connectivity index (χ0n) is 14.4. The number of rotatable bonds is 4. The second-order valence-corrected chi connectivity index (χ2v) is 6.40. The van der Waals surface area contributed by atoms with Gasteiger partial charge in [0.05, 0.1) is 24.7 Å². The van der Waals surface area contributed by atoms with Gasteiger partial charge >= 0.3 is 11.9 Å². The maximum atomic E-state index is 12.1. The van der Waals surface area contributed by atoms with Crippen LogP contribution in [0.25, 0.3) is 0 Å². The monoisotopic (exact) mass is 348 g/mol. The fourth-order valence-corrected chi connectivity index (χ4v) is 3.06. The molecule has 136 valence electrons. The minimum Gasteiger partial charge on any atom is -0.458 e. The molecule has 0 saturated carbocycles. The summed E-state index contributed by atoms with van der Waals surface area (Å²) >= 11 is 0. The lowest BCUT2D eigenvalue weighted by Crippen LogP contribution is -2.34. The van der Waals surface area contributed by atoms with Crippen LogP contribution in [0.2, 0.25) is 0 Å². The SMILES string of the molecule is C=C(CO)C(=O)O[C@H]1CC(C)=CCC/C(CO)=C\[C@H]2OC(=O)C(=C)[C@H]12. The summed E-state index contributed by atoms with van der Waals surface area (Å²) in [4.78, 5) is 24.1. The molecule has 6 nitrogen and oxygen atoms in total. The van der Waals surface area contributed by atoms with Crippen LogP contribution < -0.4 is 0 Å². The van der Waals surface area contributed by atoms with Crippen molar-refractivity contribution in [1.82, 2.24) is 0 Å². The highest BCUT2D eigenvalue weighted by Gasteiger charge is 2.44. The van der Waals surface area contributed by atoms with E-state index in [2.05, 4.69) is 13.2 Å². The highest BCUT2D eigenvalue weighted by molar-refractivity contribution is 5.92. The van der Waals surface area contributed by atoms with Gasteiger partial charge in [0.25, 0.3) is 0 Å². The molecule has 0 aromatic carbocycles. The van der Waals surface area contributed by atoms with Crippen molar-refractivity contribution in [3.8, 4) is 0 Å². The third-order valence-corrected chi connectivity index (χ3v) is 4.48. The molecule has 0 aromatic heterocycles. The Kier molecular flexibility index (Phi) is 6.33. The van der Waals surface area contributed by atoms with E-state index in [1.165, 1.54) is 0 Å². The Morgan fingerprint density at radius 1 is 1.44 bits per heavy atom. The van der Waals surface area contributed by atoms with Gasteiger partial charge in [-0.1, -0.05) is 24.8 Å². The lowest BCUT2D eigenvalue weighted by molar-refractivity contribution is -0.147. The summed E-state index contributed by atoms with van der Waals surface area (Å²) < 4.78 is 10.9. The van der Waals surface area contributed by atoms with Crippen LogP contribution >= 0.6 is 0 Å². The van der Waals surface area contributed by atoms with Gasteiger partial charge in [0.2, 0.25) is 0 Å². The van der Waals surface area contributed by atoms with E-state index in [9.17, 15) is 14.7 Å². The van der Waals surface area contributed by atoms with E-state index in [1.54, 1.807) is 6.08 Å². The molecule has 6 heteroatoms. The van der Waals surface area contributed by atoms with Crippen molar-refractivity contribution < 1.29 is 29.3 Å². The van der Waals surface area contributed by atoms with Crippen molar-refractivity contribution in [2.75, 3.05) is 13.2 Å². The van der Waals surface area contributed by atoms with Gasteiger partial charge < -0.3 is 19.7 Å². The largest absolute Gasteiger partial charge is 0.458 e. The second-order valence-electron chi connectivity index (χ2n) is 6.40. The summed E-state index contributed by atoms with van der Waals surface area (Å²) in [6.07, 6.45) is 4.23. The smallest absolute Gasteiger partial charge is 0.336 e. The molecule has 3 atom stereocenters. The number of aliphatic hydroxyl groups is 2. The molecule has 0 radical (unpaired) electrons. The predicted octanol–water partition coefficient (Wildman–Crippen LogP) is 1.59. The van der Waals surface area contributed by atoms with E-state index in [0.717, 1.165) is 17.6 Å². The van der Waals surface area contributed by atoms with Gasteiger partial charge in [-0.2, -0.15) is 0 Å². The second kappa shape index (κ2) is 8.27. The van der Waals surface area contributed by atoms with Crippen LogP contribution in [-0.4, -0.2) is 47.6 Å². The normalized spacial score (nSPS) is 29.0. The van der Waals surface area contributed by atoms with E-state index in [1.807, 2.05) is 13.0 Å². The van der Waals surface area contributed by atoms with Crippen LogP contribution in [0.3, 0.4) is 0 Å². The number of hydrogen-bond acceptors (Lipinski definition) is 6. The van der Waals surface area contributed by atoms with Crippen LogP contribution in [0.4, 0.5) is 0 Å². The first-order valence-corrected chi connectivity index (χ1v) is 8.22. The molecule has 1 heterocycles. The first kappa shape index (κ1) is 19.1. The molecule has 2 N–H and O–H groups in total. The molecule has 1 fully saturated rings. The summed E-state index contributed by atoms with van der Waals surface area (Å²) in [5.41, 5.74) is 1.93. The van der Waals surface area contributed by atoms with E-state index < -0.39 is 36.7 Å².